The molecule has 0 saturated heterocycles. The Balaban J connectivity index is 1.38. The molecule has 0 spiro atoms. The number of rotatable bonds is 10. The van der Waals surface area contributed by atoms with Crippen LogP contribution >= 0.6 is 0 Å². The number of carbonyl (C=O) groups excluding carboxylic acids is 1. The maximum Gasteiger partial charge on any atom is 0.263 e. The Labute approximate surface area is 184 Å². The van der Waals surface area contributed by atoms with Gasteiger partial charge in [-0.05, 0) is 49.6 Å². The summed E-state index contributed by atoms with van der Waals surface area (Å²) >= 11 is 0. The molecule has 1 N–H and O–H groups in total. The van der Waals surface area contributed by atoms with Gasteiger partial charge in [-0.15, -0.1) is 0 Å². The van der Waals surface area contributed by atoms with Crippen molar-refractivity contribution in [3.05, 3.63) is 59.7 Å². The van der Waals surface area contributed by atoms with Gasteiger partial charge in [0.25, 0.3) is 10.0 Å². The minimum atomic E-state index is -3.49. The van der Waals surface area contributed by atoms with Crippen molar-refractivity contribution in [2.45, 2.75) is 44.0 Å². The average molecular weight is 444 g/mol. The molecule has 7 nitrogen and oxygen atoms in total. The first kappa shape index (κ1) is 22.8. The SMILES string of the molecule is CCOc1ccc(CN(C)C(=O)CCCCCN=C2NS(=O)(=O)c3ccccc32)cc1. The van der Waals surface area contributed by atoms with Gasteiger partial charge in [0.1, 0.15) is 11.6 Å². The van der Waals surface area contributed by atoms with E-state index >= 15 is 0 Å². The van der Waals surface area contributed by atoms with E-state index in [2.05, 4.69) is 9.71 Å². The minimum absolute atomic E-state index is 0.109. The van der Waals surface area contributed by atoms with E-state index in [4.69, 9.17) is 4.74 Å². The second-order valence-corrected chi connectivity index (χ2v) is 9.12. The van der Waals surface area contributed by atoms with Crippen molar-refractivity contribution in [2.24, 2.45) is 4.99 Å². The first-order valence-corrected chi connectivity index (χ1v) is 12.0. The molecule has 0 atom stereocenters. The van der Waals surface area contributed by atoms with Crippen LogP contribution in [-0.2, 0) is 21.4 Å². The number of carbonyl (C=O) groups is 1. The van der Waals surface area contributed by atoms with Gasteiger partial charge in [-0.1, -0.05) is 30.7 Å². The van der Waals surface area contributed by atoms with Crippen molar-refractivity contribution in [3.63, 3.8) is 0 Å². The summed E-state index contributed by atoms with van der Waals surface area (Å²) in [4.78, 5) is 18.8. The molecule has 8 heteroatoms. The number of nitrogens with zero attached hydrogens (tertiary/aromatic N) is 2. The molecule has 0 aliphatic carbocycles. The number of amidine groups is 1. The predicted octanol–water partition coefficient (Wildman–Crippen LogP) is 3.34. The molecule has 1 aliphatic rings. The largest absolute Gasteiger partial charge is 0.494 e. The van der Waals surface area contributed by atoms with Crippen LogP contribution in [0.5, 0.6) is 5.75 Å². The number of unbranched alkanes of at least 4 members (excludes halogenated alkanes) is 2. The number of hydrogen-bond donors (Lipinski definition) is 1. The first-order valence-electron chi connectivity index (χ1n) is 10.5. The Kier molecular flexibility index (Phi) is 7.68. The van der Waals surface area contributed by atoms with E-state index in [9.17, 15) is 13.2 Å². The number of hydrogen-bond acceptors (Lipinski definition) is 5. The number of fused-ring (bicyclic) bond motifs is 1. The Morgan fingerprint density at radius 1 is 1.06 bits per heavy atom. The lowest BCUT2D eigenvalue weighted by atomic mass is 10.1. The van der Waals surface area contributed by atoms with E-state index in [0.29, 0.717) is 37.5 Å². The molecule has 0 fully saturated rings. The topological polar surface area (TPSA) is 88.1 Å². The summed E-state index contributed by atoms with van der Waals surface area (Å²) in [6.07, 6.45) is 2.91. The van der Waals surface area contributed by atoms with Gasteiger partial charge in [0, 0.05) is 32.1 Å². The second kappa shape index (κ2) is 10.4. The van der Waals surface area contributed by atoms with Crippen molar-refractivity contribution < 1.29 is 17.9 Å². The van der Waals surface area contributed by atoms with E-state index in [1.54, 1.807) is 29.2 Å². The molecule has 1 amide bonds. The zero-order valence-corrected chi connectivity index (χ0v) is 18.8. The lowest BCUT2D eigenvalue weighted by Gasteiger charge is -2.17. The highest BCUT2D eigenvalue weighted by atomic mass is 32.2. The van der Waals surface area contributed by atoms with Crippen LogP contribution in [0.3, 0.4) is 0 Å². The normalized spacial score (nSPS) is 15.4. The third-order valence-corrected chi connectivity index (χ3v) is 6.46. The summed E-state index contributed by atoms with van der Waals surface area (Å²) in [5.74, 6) is 1.34. The molecular formula is C23H29N3O4S. The molecule has 3 rings (SSSR count). The van der Waals surface area contributed by atoms with E-state index in [1.165, 1.54) is 0 Å². The van der Waals surface area contributed by atoms with Crippen molar-refractivity contribution in [3.8, 4) is 5.75 Å². The van der Waals surface area contributed by atoms with Crippen LogP contribution in [0.2, 0.25) is 0 Å². The highest BCUT2D eigenvalue weighted by molar-refractivity contribution is 7.90. The number of benzene rings is 2. The Morgan fingerprint density at radius 2 is 1.81 bits per heavy atom. The first-order chi connectivity index (χ1) is 14.9. The van der Waals surface area contributed by atoms with Crippen LogP contribution in [0.25, 0.3) is 0 Å². The van der Waals surface area contributed by atoms with Crippen LogP contribution in [-0.4, -0.2) is 45.3 Å². The molecule has 0 unspecified atom stereocenters. The minimum Gasteiger partial charge on any atom is -0.494 e. The van der Waals surface area contributed by atoms with Gasteiger partial charge in [-0.25, -0.2) is 8.42 Å². The van der Waals surface area contributed by atoms with Crippen LogP contribution in [0.1, 0.15) is 43.7 Å². The van der Waals surface area contributed by atoms with E-state index in [0.717, 1.165) is 30.6 Å². The van der Waals surface area contributed by atoms with Crippen LogP contribution in [0.15, 0.2) is 58.4 Å². The van der Waals surface area contributed by atoms with Gasteiger partial charge < -0.3 is 9.64 Å². The van der Waals surface area contributed by atoms with Gasteiger partial charge in [0.05, 0.1) is 11.5 Å². The van der Waals surface area contributed by atoms with Crippen LogP contribution in [0, 0.1) is 0 Å². The molecule has 0 saturated carbocycles. The lowest BCUT2D eigenvalue weighted by molar-refractivity contribution is -0.130. The summed E-state index contributed by atoms with van der Waals surface area (Å²) in [5, 5.41) is 0. The fourth-order valence-corrected chi connectivity index (χ4v) is 4.67. The zero-order valence-electron chi connectivity index (χ0n) is 18.0. The van der Waals surface area contributed by atoms with E-state index in [1.807, 2.05) is 38.2 Å². The highest BCUT2D eigenvalue weighted by Gasteiger charge is 2.29. The molecule has 0 aromatic heterocycles. The van der Waals surface area contributed by atoms with Gasteiger partial charge in [-0.2, -0.15) is 0 Å². The van der Waals surface area contributed by atoms with Crippen molar-refractivity contribution in [1.82, 2.24) is 9.62 Å². The summed E-state index contributed by atoms with van der Waals surface area (Å²) in [7, 11) is -1.68. The molecule has 31 heavy (non-hydrogen) atoms. The zero-order chi connectivity index (χ0) is 22.3. The number of aliphatic imine (C=N–C) groups is 1. The van der Waals surface area contributed by atoms with Crippen molar-refractivity contribution in [2.75, 3.05) is 20.2 Å². The summed E-state index contributed by atoms with van der Waals surface area (Å²) in [6.45, 7) is 3.66. The van der Waals surface area contributed by atoms with Gasteiger partial charge in [0.2, 0.25) is 5.91 Å². The summed E-state index contributed by atoms with van der Waals surface area (Å²) < 4.78 is 32.1. The lowest BCUT2D eigenvalue weighted by Crippen LogP contribution is -2.25. The van der Waals surface area contributed by atoms with Gasteiger partial charge >= 0.3 is 0 Å². The summed E-state index contributed by atoms with van der Waals surface area (Å²) in [6, 6.07) is 14.6. The maximum absolute atomic E-state index is 12.4. The van der Waals surface area contributed by atoms with Crippen LogP contribution < -0.4 is 9.46 Å². The predicted molar refractivity (Wildman–Crippen MR) is 121 cm³/mol. The molecule has 1 heterocycles. The third kappa shape index (κ3) is 6.07. The molecule has 1 aliphatic heterocycles. The summed E-state index contributed by atoms with van der Waals surface area (Å²) in [5.41, 5.74) is 1.68. The quantitative estimate of drug-likeness (QED) is 0.571. The van der Waals surface area contributed by atoms with Gasteiger partial charge in [-0.3, -0.25) is 14.5 Å². The number of amides is 1. The second-order valence-electron chi connectivity index (χ2n) is 7.47. The molecule has 0 bridgehead atoms. The van der Waals surface area contributed by atoms with Gasteiger partial charge in [0.15, 0.2) is 0 Å². The molecule has 2 aromatic rings. The maximum atomic E-state index is 12.4. The fraction of sp³-hybridized carbons (Fsp3) is 0.391. The molecule has 2 aromatic carbocycles. The van der Waals surface area contributed by atoms with Crippen LogP contribution in [0.4, 0.5) is 0 Å². The average Bonchev–Trinajstić information content (AvgIpc) is 3.02. The number of nitrogens with one attached hydrogen (secondary N) is 1. The Morgan fingerprint density at radius 3 is 2.55 bits per heavy atom. The van der Waals surface area contributed by atoms with E-state index in [-0.39, 0.29) is 10.8 Å². The molecular weight excluding hydrogens is 414 g/mol. The smallest absolute Gasteiger partial charge is 0.263 e. The van der Waals surface area contributed by atoms with Crippen molar-refractivity contribution >= 4 is 21.8 Å². The Hall–Kier alpha value is -2.87. The monoisotopic (exact) mass is 443 g/mol. The highest BCUT2D eigenvalue weighted by Crippen LogP contribution is 2.22. The standard InChI is InChI=1S/C23H29N3O4S/c1-3-30-19-14-12-18(13-15-19)17-26(2)22(27)11-5-4-8-16-24-23-20-9-6-7-10-21(20)31(28,29)25-23/h6-7,9-10,12-15H,3-5,8,11,16-17H2,1-2H3,(H,24,25). The van der Waals surface area contributed by atoms with E-state index < -0.39 is 10.0 Å². The molecule has 0 radical (unpaired) electrons. The number of sulfonamides is 1. The van der Waals surface area contributed by atoms with Crippen molar-refractivity contribution in [1.29, 1.82) is 0 Å². The Bertz CT molecular complexity index is 1030. The third-order valence-electron chi connectivity index (χ3n) is 5.06. The fourth-order valence-electron chi connectivity index (χ4n) is 3.42. The molecule has 166 valence electrons. The number of ether oxygens (including phenoxy) is 1.